The van der Waals surface area contributed by atoms with Crippen LogP contribution in [-0.2, 0) is 13.0 Å². The molecule has 104 valence electrons. The quantitative estimate of drug-likeness (QED) is 0.913. The molecule has 1 aromatic heterocycles. The largest absolute Gasteiger partial charge is 0.397 e. The molecule has 5 heteroatoms. The third-order valence-corrected chi connectivity index (χ3v) is 3.67. The molecule has 2 heterocycles. The highest BCUT2D eigenvalue weighted by molar-refractivity contribution is 6.06. The number of rotatable bonds is 2. The fourth-order valence-electron chi connectivity index (χ4n) is 2.68. The van der Waals surface area contributed by atoms with E-state index in [1.807, 2.05) is 11.5 Å². The summed E-state index contributed by atoms with van der Waals surface area (Å²) in [7, 11) is 0. The van der Waals surface area contributed by atoms with Gasteiger partial charge in [0.1, 0.15) is 11.5 Å². The van der Waals surface area contributed by atoms with Crippen LogP contribution in [-0.4, -0.2) is 17.0 Å². The summed E-state index contributed by atoms with van der Waals surface area (Å²) in [5.74, 6) is -0.457. The number of anilines is 2. The van der Waals surface area contributed by atoms with Gasteiger partial charge in [0.05, 0.1) is 11.4 Å². The van der Waals surface area contributed by atoms with E-state index < -0.39 is 0 Å². The number of nitrogens with two attached hydrogens (primary N) is 1. The molecule has 2 N–H and O–H groups in total. The normalized spacial score (nSPS) is 13.6. The Labute approximate surface area is 116 Å². The lowest BCUT2D eigenvalue weighted by atomic mass is 10.2. The predicted molar refractivity (Wildman–Crippen MR) is 76.3 cm³/mol. The molecule has 0 saturated carbocycles. The van der Waals surface area contributed by atoms with E-state index in [0.717, 1.165) is 12.0 Å². The van der Waals surface area contributed by atoms with Crippen LogP contribution in [0.15, 0.2) is 30.5 Å². The van der Waals surface area contributed by atoms with Gasteiger partial charge in [-0.1, -0.05) is 6.07 Å². The van der Waals surface area contributed by atoms with Crippen LogP contribution in [0.3, 0.4) is 0 Å². The number of aryl methyl sites for hydroxylation is 1. The molecule has 20 heavy (non-hydrogen) atoms. The van der Waals surface area contributed by atoms with Crippen molar-refractivity contribution < 1.29 is 9.18 Å². The van der Waals surface area contributed by atoms with E-state index in [2.05, 4.69) is 0 Å². The zero-order valence-electron chi connectivity index (χ0n) is 11.3. The van der Waals surface area contributed by atoms with Crippen LogP contribution in [0.5, 0.6) is 0 Å². The van der Waals surface area contributed by atoms with Gasteiger partial charge in [0.25, 0.3) is 5.91 Å². The molecule has 0 saturated heterocycles. The van der Waals surface area contributed by atoms with Crippen molar-refractivity contribution in [3.8, 4) is 0 Å². The Hall–Kier alpha value is -2.30. The van der Waals surface area contributed by atoms with Crippen molar-refractivity contribution in [1.29, 1.82) is 0 Å². The Balaban J connectivity index is 1.99. The number of amides is 1. The summed E-state index contributed by atoms with van der Waals surface area (Å²) in [6.07, 6.45) is 2.50. The lowest BCUT2D eigenvalue weighted by molar-refractivity contribution is 0.0980. The number of fused-ring (bicyclic) bond motifs is 1. The highest BCUT2D eigenvalue weighted by Crippen LogP contribution is 2.30. The second-order valence-electron chi connectivity index (χ2n) is 4.92. The number of carbonyl (C=O) groups is 1. The van der Waals surface area contributed by atoms with Gasteiger partial charge in [-0.25, -0.2) is 4.39 Å². The smallest absolute Gasteiger partial charge is 0.274 e. The minimum absolute atomic E-state index is 0.132. The van der Waals surface area contributed by atoms with Crippen molar-refractivity contribution in [3.63, 3.8) is 0 Å². The van der Waals surface area contributed by atoms with Crippen LogP contribution < -0.4 is 10.6 Å². The van der Waals surface area contributed by atoms with E-state index in [-0.39, 0.29) is 11.7 Å². The molecule has 1 aliphatic rings. The first-order valence-corrected chi connectivity index (χ1v) is 6.66. The predicted octanol–water partition coefficient (Wildman–Crippen LogP) is 2.43. The molecule has 0 spiro atoms. The SMILES string of the molecule is CCn1cc(N)cc1C(=O)N1CCc2ccc(F)cc21. The molecule has 1 aromatic carbocycles. The van der Waals surface area contributed by atoms with Crippen molar-refractivity contribution >= 4 is 17.3 Å². The molecule has 3 rings (SSSR count). The number of benzene rings is 1. The summed E-state index contributed by atoms with van der Waals surface area (Å²) in [5.41, 5.74) is 8.53. The van der Waals surface area contributed by atoms with E-state index in [1.165, 1.54) is 12.1 Å². The third kappa shape index (κ3) is 1.95. The van der Waals surface area contributed by atoms with E-state index in [9.17, 15) is 9.18 Å². The fourth-order valence-corrected chi connectivity index (χ4v) is 2.68. The Morgan fingerprint density at radius 1 is 1.40 bits per heavy atom. The molecule has 0 fully saturated rings. The average Bonchev–Trinajstić information content (AvgIpc) is 3.00. The maximum atomic E-state index is 13.4. The van der Waals surface area contributed by atoms with Crippen LogP contribution in [0, 0.1) is 5.82 Å². The highest BCUT2D eigenvalue weighted by atomic mass is 19.1. The Morgan fingerprint density at radius 3 is 2.95 bits per heavy atom. The first-order valence-electron chi connectivity index (χ1n) is 6.66. The average molecular weight is 273 g/mol. The molecule has 0 unspecified atom stereocenters. The van der Waals surface area contributed by atoms with Gasteiger partial charge in [-0.15, -0.1) is 0 Å². The Morgan fingerprint density at radius 2 is 2.20 bits per heavy atom. The van der Waals surface area contributed by atoms with Gasteiger partial charge >= 0.3 is 0 Å². The van der Waals surface area contributed by atoms with Crippen LogP contribution >= 0.6 is 0 Å². The number of nitrogens with zero attached hydrogens (tertiary/aromatic N) is 2. The van der Waals surface area contributed by atoms with Gasteiger partial charge in [0.15, 0.2) is 0 Å². The van der Waals surface area contributed by atoms with E-state index in [0.29, 0.717) is 30.2 Å². The van der Waals surface area contributed by atoms with Crippen LogP contribution in [0.25, 0.3) is 0 Å². The summed E-state index contributed by atoms with van der Waals surface area (Å²) in [6, 6.07) is 6.26. The van der Waals surface area contributed by atoms with Crippen molar-refractivity contribution in [2.75, 3.05) is 17.2 Å². The maximum Gasteiger partial charge on any atom is 0.274 e. The number of hydrogen-bond acceptors (Lipinski definition) is 2. The Kier molecular flexibility index (Phi) is 2.97. The van der Waals surface area contributed by atoms with Gasteiger partial charge in [0, 0.05) is 19.3 Å². The van der Waals surface area contributed by atoms with E-state index >= 15 is 0 Å². The van der Waals surface area contributed by atoms with Crippen LogP contribution in [0.1, 0.15) is 23.0 Å². The van der Waals surface area contributed by atoms with Crippen LogP contribution in [0.4, 0.5) is 15.8 Å². The molecular weight excluding hydrogens is 257 g/mol. The van der Waals surface area contributed by atoms with E-state index in [1.54, 1.807) is 23.2 Å². The lowest BCUT2D eigenvalue weighted by Crippen LogP contribution is -2.30. The maximum absolute atomic E-state index is 13.4. The topological polar surface area (TPSA) is 51.3 Å². The van der Waals surface area contributed by atoms with E-state index in [4.69, 9.17) is 5.73 Å². The van der Waals surface area contributed by atoms with Gasteiger partial charge < -0.3 is 15.2 Å². The van der Waals surface area contributed by atoms with Gasteiger partial charge in [-0.2, -0.15) is 0 Å². The first-order chi connectivity index (χ1) is 9.60. The second kappa shape index (κ2) is 4.67. The summed E-state index contributed by atoms with van der Waals surface area (Å²) in [4.78, 5) is 14.3. The molecule has 0 atom stereocenters. The van der Waals surface area contributed by atoms with Crippen molar-refractivity contribution in [3.05, 3.63) is 47.5 Å². The number of nitrogen functional groups attached to an aromatic ring is 1. The summed E-state index contributed by atoms with van der Waals surface area (Å²) < 4.78 is 15.2. The molecule has 1 aliphatic heterocycles. The summed E-state index contributed by atoms with van der Waals surface area (Å²) >= 11 is 0. The monoisotopic (exact) mass is 273 g/mol. The summed E-state index contributed by atoms with van der Waals surface area (Å²) in [5, 5.41) is 0. The standard InChI is InChI=1S/C15H16FN3O/c1-2-18-9-12(17)8-14(18)15(20)19-6-5-10-3-4-11(16)7-13(10)19/h3-4,7-9H,2,5-6,17H2,1H3. The molecule has 1 amide bonds. The summed E-state index contributed by atoms with van der Waals surface area (Å²) in [6.45, 7) is 3.20. The fraction of sp³-hybridized carbons (Fsp3) is 0.267. The molecular formula is C15H16FN3O. The number of halogens is 1. The second-order valence-corrected chi connectivity index (χ2v) is 4.92. The van der Waals surface area contributed by atoms with Crippen LogP contribution in [0.2, 0.25) is 0 Å². The van der Waals surface area contributed by atoms with Crippen molar-refractivity contribution in [1.82, 2.24) is 4.57 Å². The van der Waals surface area contributed by atoms with Crippen molar-refractivity contribution in [2.24, 2.45) is 0 Å². The minimum atomic E-state index is -0.325. The van der Waals surface area contributed by atoms with Gasteiger partial charge in [0.2, 0.25) is 0 Å². The molecule has 0 radical (unpaired) electrons. The molecule has 4 nitrogen and oxygen atoms in total. The molecule has 0 bridgehead atoms. The number of carbonyl (C=O) groups excluding carboxylic acids is 1. The highest BCUT2D eigenvalue weighted by Gasteiger charge is 2.27. The zero-order valence-corrected chi connectivity index (χ0v) is 11.3. The molecule has 0 aliphatic carbocycles. The van der Waals surface area contributed by atoms with Crippen molar-refractivity contribution in [2.45, 2.75) is 19.9 Å². The Bertz CT molecular complexity index is 678. The molecule has 2 aromatic rings. The van der Waals surface area contributed by atoms with Gasteiger partial charge in [-0.3, -0.25) is 4.79 Å². The zero-order chi connectivity index (χ0) is 14.3. The third-order valence-electron chi connectivity index (χ3n) is 3.67. The van der Waals surface area contributed by atoms with Gasteiger partial charge in [-0.05, 0) is 37.1 Å². The first kappa shape index (κ1) is 12.7. The lowest BCUT2D eigenvalue weighted by Gasteiger charge is -2.18. The number of aromatic nitrogens is 1. The minimum Gasteiger partial charge on any atom is -0.397 e. The number of hydrogen-bond donors (Lipinski definition) is 1.